The van der Waals surface area contributed by atoms with Gasteiger partial charge in [0.1, 0.15) is 0 Å². The van der Waals surface area contributed by atoms with E-state index in [0.717, 1.165) is 19.5 Å². The molecule has 2 nitrogen and oxygen atoms in total. The lowest BCUT2D eigenvalue weighted by Crippen LogP contribution is -2.49. The van der Waals surface area contributed by atoms with Gasteiger partial charge >= 0.3 is 0 Å². The number of benzene rings is 1. The third-order valence-corrected chi connectivity index (χ3v) is 2.88. The zero-order chi connectivity index (χ0) is 9.97. The SMILES string of the molecule is Cc1cccc(CC(O)C2CNC2)c1. The van der Waals surface area contributed by atoms with Gasteiger partial charge in [-0.15, -0.1) is 0 Å². The third-order valence-electron chi connectivity index (χ3n) is 2.88. The summed E-state index contributed by atoms with van der Waals surface area (Å²) in [6.45, 7) is 4.01. The molecule has 0 aliphatic carbocycles. The topological polar surface area (TPSA) is 32.3 Å². The maximum atomic E-state index is 9.87. The number of aryl methyl sites for hydroxylation is 1. The molecule has 0 spiro atoms. The molecule has 14 heavy (non-hydrogen) atoms. The molecule has 2 rings (SSSR count). The Morgan fingerprint density at radius 2 is 2.29 bits per heavy atom. The standard InChI is InChI=1S/C12H17NO/c1-9-3-2-4-10(5-9)6-12(14)11-7-13-8-11/h2-5,11-14H,6-8H2,1H3. The second kappa shape index (κ2) is 4.11. The summed E-state index contributed by atoms with van der Waals surface area (Å²) >= 11 is 0. The minimum absolute atomic E-state index is 0.182. The molecule has 1 saturated heterocycles. The number of hydrogen-bond acceptors (Lipinski definition) is 2. The van der Waals surface area contributed by atoms with Gasteiger partial charge in [0, 0.05) is 19.0 Å². The molecule has 0 saturated carbocycles. The molecule has 1 aromatic carbocycles. The Labute approximate surface area is 85.0 Å². The lowest BCUT2D eigenvalue weighted by molar-refractivity contribution is 0.0772. The van der Waals surface area contributed by atoms with Crippen molar-refractivity contribution in [3.8, 4) is 0 Å². The highest BCUT2D eigenvalue weighted by Crippen LogP contribution is 2.15. The van der Waals surface area contributed by atoms with Gasteiger partial charge in [0.2, 0.25) is 0 Å². The fraction of sp³-hybridized carbons (Fsp3) is 0.500. The molecule has 2 N–H and O–H groups in total. The first kappa shape index (κ1) is 9.69. The molecule has 1 aliphatic rings. The van der Waals surface area contributed by atoms with Gasteiger partial charge < -0.3 is 10.4 Å². The van der Waals surface area contributed by atoms with E-state index in [1.165, 1.54) is 11.1 Å². The van der Waals surface area contributed by atoms with E-state index in [1.807, 2.05) is 0 Å². The quantitative estimate of drug-likeness (QED) is 0.750. The van der Waals surface area contributed by atoms with Crippen molar-refractivity contribution < 1.29 is 5.11 Å². The summed E-state index contributed by atoms with van der Waals surface area (Å²) in [5.41, 5.74) is 2.51. The fourth-order valence-corrected chi connectivity index (χ4v) is 1.83. The van der Waals surface area contributed by atoms with Crippen LogP contribution in [0.2, 0.25) is 0 Å². The molecule has 2 heteroatoms. The first-order valence-electron chi connectivity index (χ1n) is 5.20. The predicted octanol–water partition coefficient (Wildman–Crippen LogP) is 1.12. The Morgan fingerprint density at radius 1 is 1.50 bits per heavy atom. The van der Waals surface area contributed by atoms with Crippen LogP contribution in [0.25, 0.3) is 0 Å². The summed E-state index contributed by atoms with van der Waals surface area (Å²) < 4.78 is 0. The molecule has 1 unspecified atom stereocenters. The normalized spacial score (nSPS) is 19.0. The maximum absolute atomic E-state index is 9.87. The van der Waals surface area contributed by atoms with Crippen molar-refractivity contribution in [1.82, 2.24) is 5.32 Å². The van der Waals surface area contributed by atoms with E-state index in [9.17, 15) is 5.11 Å². The van der Waals surface area contributed by atoms with E-state index in [4.69, 9.17) is 0 Å². The Bertz CT molecular complexity index is 307. The Kier molecular flexibility index (Phi) is 2.85. The second-order valence-corrected chi connectivity index (χ2v) is 4.18. The average molecular weight is 191 g/mol. The number of aliphatic hydroxyl groups excluding tert-OH is 1. The average Bonchev–Trinajstić information content (AvgIpc) is 1.99. The van der Waals surface area contributed by atoms with Gasteiger partial charge in [0.05, 0.1) is 6.10 Å². The molecule has 1 aromatic rings. The van der Waals surface area contributed by atoms with E-state index >= 15 is 0 Å². The van der Waals surface area contributed by atoms with Gasteiger partial charge in [-0.3, -0.25) is 0 Å². The van der Waals surface area contributed by atoms with Crippen LogP contribution in [0.1, 0.15) is 11.1 Å². The van der Waals surface area contributed by atoms with E-state index in [1.54, 1.807) is 0 Å². The van der Waals surface area contributed by atoms with Crippen molar-refractivity contribution in [2.45, 2.75) is 19.4 Å². The van der Waals surface area contributed by atoms with Crippen LogP contribution < -0.4 is 5.32 Å². The molecule has 1 atom stereocenters. The molecule has 76 valence electrons. The summed E-state index contributed by atoms with van der Waals surface area (Å²) in [4.78, 5) is 0. The summed E-state index contributed by atoms with van der Waals surface area (Å²) in [7, 11) is 0. The molecular weight excluding hydrogens is 174 g/mol. The number of rotatable bonds is 3. The highest BCUT2D eigenvalue weighted by molar-refractivity contribution is 5.22. The Morgan fingerprint density at radius 3 is 2.86 bits per heavy atom. The minimum atomic E-state index is -0.182. The Hall–Kier alpha value is -0.860. The monoisotopic (exact) mass is 191 g/mol. The lowest BCUT2D eigenvalue weighted by Gasteiger charge is -2.31. The van der Waals surface area contributed by atoms with E-state index in [-0.39, 0.29) is 6.10 Å². The zero-order valence-electron chi connectivity index (χ0n) is 8.53. The predicted molar refractivity (Wildman–Crippen MR) is 57.2 cm³/mol. The zero-order valence-corrected chi connectivity index (χ0v) is 8.53. The summed E-state index contributed by atoms with van der Waals surface area (Å²) in [6, 6.07) is 8.37. The van der Waals surface area contributed by atoms with Crippen LogP contribution in [0.15, 0.2) is 24.3 Å². The van der Waals surface area contributed by atoms with E-state index in [2.05, 4.69) is 36.5 Å². The van der Waals surface area contributed by atoms with Crippen molar-refractivity contribution >= 4 is 0 Å². The van der Waals surface area contributed by atoms with Crippen LogP contribution in [0.3, 0.4) is 0 Å². The summed E-state index contributed by atoms with van der Waals surface area (Å²) in [6.07, 6.45) is 0.603. The summed E-state index contributed by atoms with van der Waals surface area (Å²) in [5, 5.41) is 13.1. The van der Waals surface area contributed by atoms with Crippen LogP contribution in [0, 0.1) is 12.8 Å². The summed E-state index contributed by atoms with van der Waals surface area (Å²) in [5.74, 6) is 0.454. The van der Waals surface area contributed by atoms with Crippen molar-refractivity contribution in [3.05, 3.63) is 35.4 Å². The van der Waals surface area contributed by atoms with Gasteiger partial charge in [-0.25, -0.2) is 0 Å². The Balaban J connectivity index is 1.95. The van der Waals surface area contributed by atoms with Crippen molar-refractivity contribution in [2.75, 3.05) is 13.1 Å². The number of aliphatic hydroxyl groups is 1. The van der Waals surface area contributed by atoms with Crippen LogP contribution in [-0.4, -0.2) is 24.3 Å². The first-order valence-corrected chi connectivity index (χ1v) is 5.20. The molecule has 0 aromatic heterocycles. The lowest BCUT2D eigenvalue weighted by atomic mass is 9.91. The highest BCUT2D eigenvalue weighted by atomic mass is 16.3. The smallest absolute Gasteiger partial charge is 0.0632 e. The van der Waals surface area contributed by atoms with Gasteiger partial charge in [-0.05, 0) is 18.9 Å². The van der Waals surface area contributed by atoms with Gasteiger partial charge in [0.15, 0.2) is 0 Å². The molecule has 0 amide bonds. The van der Waals surface area contributed by atoms with E-state index in [0.29, 0.717) is 5.92 Å². The molecule has 1 aliphatic heterocycles. The fourth-order valence-electron chi connectivity index (χ4n) is 1.83. The van der Waals surface area contributed by atoms with Crippen LogP contribution in [0.4, 0.5) is 0 Å². The number of hydrogen-bond donors (Lipinski definition) is 2. The molecule has 0 bridgehead atoms. The molecule has 0 radical (unpaired) electrons. The molecule has 1 heterocycles. The largest absolute Gasteiger partial charge is 0.392 e. The number of nitrogens with one attached hydrogen (secondary N) is 1. The molecular formula is C12H17NO. The van der Waals surface area contributed by atoms with Crippen LogP contribution in [0.5, 0.6) is 0 Å². The first-order chi connectivity index (χ1) is 6.75. The van der Waals surface area contributed by atoms with Gasteiger partial charge in [-0.2, -0.15) is 0 Å². The minimum Gasteiger partial charge on any atom is -0.392 e. The molecule has 1 fully saturated rings. The van der Waals surface area contributed by atoms with E-state index < -0.39 is 0 Å². The highest BCUT2D eigenvalue weighted by Gasteiger charge is 2.24. The second-order valence-electron chi connectivity index (χ2n) is 4.18. The van der Waals surface area contributed by atoms with Crippen LogP contribution >= 0.6 is 0 Å². The van der Waals surface area contributed by atoms with Crippen LogP contribution in [-0.2, 0) is 6.42 Å². The van der Waals surface area contributed by atoms with Crippen molar-refractivity contribution in [3.63, 3.8) is 0 Å². The van der Waals surface area contributed by atoms with Crippen molar-refractivity contribution in [2.24, 2.45) is 5.92 Å². The third kappa shape index (κ3) is 2.14. The van der Waals surface area contributed by atoms with Crippen molar-refractivity contribution in [1.29, 1.82) is 0 Å². The van der Waals surface area contributed by atoms with Gasteiger partial charge in [-0.1, -0.05) is 29.8 Å². The maximum Gasteiger partial charge on any atom is 0.0632 e. The van der Waals surface area contributed by atoms with Gasteiger partial charge in [0.25, 0.3) is 0 Å².